The predicted octanol–water partition coefficient (Wildman–Crippen LogP) is 5.14. The van der Waals surface area contributed by atoms with Crippen LogP contribution in [-0.2, 0) is 17.4 Å². The first-order chi connectivity index (χ1) is 17.4. The lowest BCUT2D eigenvalue weighted by Gasteiger charge is -2.27. The molecule has 1 fully saturated rings. The Kier molecular flexibility index (Phi) is 9.53. The Bertz CT molecular complexity index is 1100. The van der Waals surface area contributed by atoms with Crippen LogP contribution in [0.1, 0.15) is 72.1 Å². The summed E-state index contributed by atoms with van der Waals surface area (Å²) in [7, 11) is 0. The highest BCUT2D eigenvalue weighted by molar-refractivity contribution is 5.95. The molecule has 2 aromatic carbocycles. The van der Waals surface area contributed by atoms with Gasteiger partial charge in [0.15, 0.2) is 0 Å². The number of Topliss-reactive ketones (excluding diaryl/α,β-unsaturated/α-hetero) is 1. The standard InChI is InChI=1S/C29H37F3N2O3/c1-18(2)27(36)16-23-14-22(9-8-19(23)3)28(37)33-12-10-25(35)17-34-13-11-26(20(34)4)21-6-5-7-24(15-21)29(30,31)32/h5-9,14-15,18,20,25-26,35H,10-13,16-17H2,1-4H3,(H,33,37). The van der Waals surface area contributed by atoms with Crippen LogP contribution < -0.4 is 5.32 Å². The fraction of sp³-hybridized carbons (Fsp3) is 0.517. The molecule has 0 spiro atoms. The quantitative estimate of drug-likeness (QED) is 0.457. The zero-order valence-corrected chi connectivity index (χ0v) is 21.9. The maximum absolute atomic E-state index is 13.1. The molecule has 3 unspecified atom stereocenters. The second kappa shape index (κ2) is 12.2. The second-order valence-electron chi connectivity index (χ2n) is 10.4. The van der Waals surface area contributed by atoms with Gasteiger partial charge in [-0.15, -0.1) is 0 Å². The molecule has 1 aliphatic heterocycles. The molecule has 0 aromatic heterocycles. The fourth-order valence-corrected chi connectivity index (χ4v) is 4.86. The molecule has 0 aliphatic carbocycles. The third kappa shape index (κ3) is 7.65. The summed E-state index contributed by atoms with van der Waals surface area (Å²) in [6.07, 6.45) is -3.68. The van der Waals surface area contributed by atoms with Gasteiger partial charge in [-0.2, -0.15) is 13.2 Å². The lowest BCUT2D eigenvalue weighted by atomic mass is 9.91. The smallest absolute Gasteiger partial charge is 0.392 e. The van der Waals surface area contributed by atoms with E-state index in [0.717, 1.165) is 23.6 Å². The molecule has 202 valence electrons. The number of aliphatic hydroxyl groups is 1. The van der Waals surface area contributed by atoms with Crippen molar-refractivity contribution >= 4 is 11.7 Å². The van der Waals surface area contributed by atoms with E-state index in [4.69, 9.17) is 0 Å². The number of hydrogen-bond donors (Lipinski definition) is 2. The van der Waals surface area contributed by atoms with Crippen LogP contribution in [-0.4, -0.2) is 53.5 Å². The Morgan fingerprint density at radius 1 is 1.16 bits per heavy atom. The van der Waals surface area contributed by atoms with E-state index in [1.165, 1.54) is 12.1 Å². The predicted molar refractivity (Wildman–Crippen MR) is 138 cm³/mol. The van der Waals surface area contributed by atoms with Gasteiger partial charge < -0.3 is 10.4 Å². The molecule has 1 amide bonds. The molecule has 8 heteroatoms. The van der Waals surface area contributed by atoms with Crippen molar-refractivity contribution in [2.24, 2.45) is 5.92 Å². The van der Waals surface area contributed by atoms with Gasteiger partial charge in [0.1, 0.15) is 5.78 Å². The Balaban J connectivity index is 1.50. The summed E-state index contributed by atoms with van der Waals surface area (Å²) in [5.41, 5.74) is 2.30. The van der Waals surface area contributed by atoms with E-state index < -0.39 is 17.8 Å². The van der Waals surface area contributed by atoms with Gasteiger partial charge in [0.2, 0.25) is 0 Å². The largest absolute Gasteiger partial charge is 0.416 e. The first kappa shape index (κ1) is 28.9. The zero-order chi connectivity index (χ0) is 27.3. The lowest BCUT2D eigenvalue weighted by Crippen LogP contribution is -2.38. The van der Waals surface area contributed by atoms with E-state index in [-0.39, 0.29) is 36.1 Å². The van der Waals surface area contributed by atoms with E-state index in [1.807, 2.05) is 33.8 Å². The number of rotatable bonds is 10. The molecular weight excluding hydrogens is 481 g/mol. The SMILES string of the molecule is Cc1ccc(C(=O)NCCC(O)CN2CCC(c3cccc(C(F)(F)F)c3)C2C)cc1CC(=O)C(C)C. The van der Waals surface area contributed by atoms with Crippen LogP contribution in [0.15, 0.2) is 42.5 Å². The highest BCUT2D eigenvalue weighted by Crippen LogP contribution is 2.36. The number of aliphatic hydroxyl groups excluding tert-OH is 1. The topological polar surface area (TPSA) is 69.6 Å². The minimum atomic E-state index is -4.37. The third-order valence-corrected chi connectivity index (χ3v) is 7.36. The van der Waals surface area contributed by atoms with Crippen LogP contribution in [0.3, 0.4) is 0 Å². The number of nitrogens with zero attached hydrogens (tertiary/aromatic N) is 1. The number of carbonyl (C=O) groups excluding carboxylic acids is 2. The van der Waals surface area contributed by atoms with E-state index in [2.05, 4.69) is 10.2 Å². The molecule has 0 bridgehead atoms. The van der Waals surface area contributed by atoms with Gasteiger partial charge in [0.25, 0.3) is 5.91 Å². The maximum Gasteiger partial charge on any atom is 0.416 e. The molecule has 1 saturated heterocycles. The molecule has 1 aliphatic rings. The van der Waals surface area contributed by atoms with Crippen molar-refractivity contribution in [2.45, 2.75) is 71.2 Å². The highest BCUT2D eigenvalue weighted by atomic mass is 19.4. The molecule has 5 nitrogen and oxygen atoms in total. The highest BCUT2D eigenvalue weighted by Gasteiger charge is 2.35. The van der Waals surface area contributed by atoms with Crippen molar-refractivity contribution in [3.63, 3.8) is 0 Å². The number of alkyl halides is 3. The van der Waals surface area contributed by atoms with Crippen LogP contribution in [0, 0.1) is 12.8 Å². The first-order valence-electron chi connectivity index (χ1n) is 12.9. The van der Waals surface area contributed by atoms with Gasteiger partial charge in [-0.05, 0) is 68.1 Å². The van der Waals surface area contributed by atoms with Crippen molar-refractivity contribution in [1.82, 2.24) is 10.2 Å². The van der Waals surface area contributed by atoms with Gasteiger partial charge in [-0.25, -0.2) is 0 Å². The first-order valence-corrected chi connectivity index (χ1v) is 12.9. The molecule has 3 atom stereocenters. The minimum Gasteiger partial charge on any atom is -0.392 e. The minimum absolute atomic E-state index is 0.00717. The average molecular weight is 519 g/mol. The number of amides is 1. The van der Waals surface area contributed by atoms with Crippen molar-refractivity contribution in [3.8, 4) is 0 Å². The van der Waals surface area contributed by atoms with Crippen LogP contribution in [0.4, 0.5) is 13.2 Å². The van der Waals surface area contributed by atoms with E-state index in [1.54, 1.807) is 18.2 Å². The van der Waals surface area contributed by atoms with Crippen LogP contribution in [0.5, 0.6) is 0 Å². The average Bonchev–Trinajstić information content (AvgIpc) is 3.19. The molecule has 3 rings (SSSR count). The van der Waals surface area contributed by atoms with Crippen molar-refractivity contribution < 1.29 is 27.9 Å². The monoisotopic (exact) mass is 518 g/mol. The van der Waals surface area contributed by atoms with Crippen LogP contribution >= 0.6 is 0 Å². The Morgan fingerprint density at radius 3 is 2.57 bits per heavy atom. The summed E-state index contributed by atoms with van der Waals surface area (Å²) in [5, 5.41) is 13.4. The van der Waals surface area contributed by atoms with Crippen molar-refractivity contribution in [1.29, 1.82) is 0 Å². The second-order valence-corrected chi connectivity index (χ2v) is 10.4. The third-order valence-electron chi connectivity index (χ3n) is 7.36. The van der Waals surface area contributed by atoms with E-state index in [0.29, 0.717) is 37.1 Å². The molecule has 0 radical (unpaired) electrons. The molecule has 2 aromatic rings. The lowest BCUT2D eigenvalue weighted by molar-refractivity contribution is -0.137. The van der Waals surface area contributed by atoms with E-state index in [9.17, 15) is 27.9 Å². The Morgan fingerprint density at radius 2 is 1.89 bits per heavy atom. The number of benzene rings is 2. The van der Waals surface area contributed by atoms with Crippen LogP contribution in [0.25, 0.3) is 0 Å². The zero-order valence-electron chi connectivity index (χ0n) is 21.9. The number of halogens is 3. The van der Waals surface area contributed by atoms with E-state index >= 15 is 0 Å². The molecule has 0 saturated carbocycles. The normalized spacial score (nSPS) is 19.3. The van der Waals surface area contributed by atoms with Crippen LogP contribution in [0.2, 0.25) is 0 Å². The summed E-state index contributed by atoms with van der Waals surface area (Å²) in [4.78, 5) is 26.9. The number of ketones is 1. The Hall–Kier alpha value is -2.71. The maximum atomic E-state index is 13.1. The van der Waals surface area contributed by atoms with Gasteiger partial charge in [-0.3, -0.25) is 14.5 Å². The molecule has 2 N–H and O–H groups in total. The van der Waals surface area contributed by atoms with Gasteiger partial charge in [0, 0.05) is 43.0 Å². The number of aryl methyl sites for hydroxylation is 1. The number of likely N-dealkylation sites (tertiary alicyclic amines) is 1. The molecular formula is C29H37F3N2O3. The number of β-amino-alcohol motifs (C(OH)–C–C–N with tert-alkyl or cyclic N) is 1. The summed E-state index contributed by atoms with van der Waals surface area (Å²) < 4.78 is 39.3. The van der Waals surface area contributed by atoms with Crippen molar-refractivity contribution in [2.75, 3.05) is 19.6 Å². The molecule has 37 heavy (non-hydrogen) atoms. The number of hydrogen-bond acceptors (Lipinski definition) is 4. The van der Waals surface area contributed by atoms with Gasteiger partial charge >= 0.3 is 6.18 Å². The number of carbonyl (C=O) groups is 2. The summed E-state index contributed by atoms with van der Waals surface area (Å²) in [5.74, 6) is -0.246. The van der Waals surface area contributed by atoms with Gasteiger partial charge in [-0.1, -0.05) is 38.1 Å². The van der Waals surface area contributed by atoms with Gasteiger partial charge in [0.05, 0.1) is 11.7 Å². The summed E-state index contributed by atoms with van der Waals surface area (Å²) in [6.45, 7) is 8.96. The molecule has 1 heterocycles. The fourth-order valence-electron chi connectivity index (χ4n) is 4.86. The number of nitrogens with one attached hydrogen (secondary N) is 1. The summed E-state index contributed by atoms with van der Waals surface area (Å²) in [6, 6.07) is 10.8. The Labute approximate surface area is 217 Å². The van der Waals surface area contributed by atoms with Crippen molar-refractivity contribution in [3.05, 3.63) is 70.3 Å². The summed E-state index contributed by atoms with van der Waals surface area (Å²) >= 11 is 0.